The Balaban J connectivity index is 1.41. The number of carbonyl (C=O) groups is 2. The van der Waals surface area contributed by atoms with Gasteiger partial charge in [0.2, 0.25) is 0 Å². The molecule has 4 fully saturated rings. The highest BCUT2D eigenvalue weighted by atomic mass is 16.5. The number of carboxylic acids is 1. The zero-order valence-corrected chi connectivity index (χ0v) is 19.5. The van der Waals surface area contributed by atoms with Gasteiger partial charge in [0.25, 0.3) is 5.91 Å². The van der Waals surface area contributed by atoms with Crippen molar-refractivity contribution in [2.75, 3.05) is 6.61 Å². The maximum Gasteiger partial charge on any atom is 0.335 e. The molecular formula is C29H29NO5. The monoisotopic (exact) mass is 471 g/mol. The van der Waals surface area contributed by atoms with E-state index < -0.39 is 11.9 Å². The molecule has 0 heterocycles. The molecule has 4 aliphatic rings. The molecule has 7 rings (SSSR count). The summed E-state index contributed by atoms with van der Waals surface area (Å²) in [5.41, 5.74) is 5.33. The molecule has 4 saturated carbocycles. The highest BCUT2D eigenvalue weighted by molar-refractivity contribution is 5.95. The van der Waals surface area contributed by atoms with Crippen molar-refractivity contribution < 1.29 is 24.6 Å². The van der Waals surface area contributed by atoms with E-state index in [-0.39, 0.29) is 17.6 Å². The van der Waals surface area contributed by atoms with Gasteiger partial charge in [0.05, 0.1) is 5.56 Å². The third kappa shape index (κ3) is 3.96. The van der Waals surface area contributed by atoms with E-state index in [1.165, 1.54) is 44.1 Å². The zero-order chi connectivity index (χ0) is 24.2. The van der Waals surface area contributed by atoms with Gasteiger partial charge >= 0.3 is 5.97 Å². The average molecular weight is 472 g/mol. The number of nitrogens with one attached hydrogen (secondary N) is 1. The van der Waals surface area contributed by atoms with Crippen molar-refractivity contribution in [3.8, 4) is 16.9 Å². The van der Waals surface area contributed by atoms with E-state index in [1.54, 1.807) is 17.6 Å². The summed E-state index contributed by atoms with van der Waals surface area (Å²) in [4.78, 5) is 23.0. The van der Waals surface area contributed by atoms with Crippen LogP contribution in [0.3, 0.4) is 0 Å². The summed E-state index contributed by atoms with van der Waals surface area (Å²) in [6.07, 6.45) is 7.52. The first kappa shape index (κ1) is 22.1. The van der Waals surface area contributed by atoms with E-state index in [2.05, 4.69) is 12.1 Å². The Morgan fingerprint density at radius 3 is 2.11 bits per heavy atom. The molecule has 0 atom stereocenters. The molecule has 4 bridgehead atoms. The standard InChI is InChI=1S/C29H29NO5/c31-27(30-34)16-35-26-6-5-23(21-1-2-22-11-24(28(32)33)4-3-20(22)10-21)12-25(26)29-13-17-7-18(14-29)9-19(8-17)15-29/h1-6,10-12,17-19,34H,7-9,13-16H2,(H,30,31)(H,32,33). The van der Waals surface area contributed by atoms with E-state index in [4.69, 9.17) is 9.94 Å². The summed E-state index contributed by atoms with van der Waals surface area (Å²) in [6, 6.07) is 17.5. The molecule has 3 aromatic rings. The van der Waals surface area contributed by atoms with Crippen molar-refractivity contribution in [1.29, 1.82) is 0 Å². The summed E-state index contributed by atoms with van der Waals surface area (Å²) < 4.78 is 5.95. The van der Waals surface area contributed by atoms with Crippen LogP contribution < -0.4 is 10.2 Å². The van der Waals surface area contributed by atoms with Crippen LogP contribution in [0.5, 0.6) is 5.75 Å². The topological polar surface area (TPSA) is 95.9 Å². The smallest absolute Gasteiger partial charge is 0.335 e. The predicted octanol–water partition coefficient (Wildman–Crippen LogP) is 5.56. The fourth-order valence-corrected chi connectivity index (χ4v) is 7.42. The van der Waals surface area contributed by atoms with Gasteiger partial charge in [0.15, 0.2) is 6.61 Å². The van der Waals surface area contributed by atoms with Gasteiger partial charge in [-0.2, -0.15) is 0 Å². The minimum Gasteiger partial charge on any atom is -0.483 e. The number of hydrogen-bond acceptors (Lipinski definition) is 4. The third-order valence-corrected chi connectivity index (χ3v) is 8.49. The number of hydrogen-bond donors (Lipinski definition) is 3. The van der Waals surface area contributed by atoms with Crippen molar-refractivity contribution in [1.82, 2.24) is 5.48 Å². The number of aromatic carboxylic acids is 1. The van der Waals surface area contributed by atoms with Gasteiger partial charge in [-0.15, -0.1) is 0 Å². The molecule has 35 heavy (non-hydrogen) atoms. The predicted molar refractivity (Wildman–Crippen MR) is 132 cm³/mol. The van der Waals surface area contributed by atoms with Crippen LogP contribution in [0, 0.1) is 17.8 Å². The Bertz CT molecular complexity index is 1290. The first-order valence-corrected chi connectivity index (χ1v) is 12.4. The Labute approximate surface area is 203 Å². The van der Waals surface area contributed by atoms with Crippen LogP contribution in [0.1, 0.15) is 54.4 Å². The van der Waals surface area contributed by atoms with Crippen LogP contribution >= 0.6 is 0 Å². The summed E-state index contributed by atoms with van der Waals surface area (Å²) in [5.74, 6) is 1.53. The number of benzene rings is 3. The molecule has 0 aliphatic heterocycles. The highest BCUT2D eigenvalue weighted by Crippen LogP contribution is 2.62. The summed E-state index contributed by atoms with van der Waals surface area (Å²) in [6.45, 7) is -0.225. The second kappa shape index (κ2) is 8.38. The summed E-state index contributed by atoms with van der Waals surface area (Å²) in [7, 11) is 0. The summed E-state index contributed by atoms with van der Waals surface area (Å²) in [5, 5.41) is 20.1. The lowest BCUT2D eigenvalue weighted by Crippen LogP contribution is -2.48. The fraction of sp³-hybridized carbons (Fsp3) is 0.379. The minimum absolute atomic E-state index is 0.0724. The van der Waals surface area contributed by atoms with Gasteiger partial charge < -0.3 is 9.84 Å². The van der Waals surface area contributed by atoms with E-state index in [0.717, 1.165) is 45.4 Å². The normalized spacial score (nSPS) is 26.6. The van der Waals surface area contributed by atoms with Crippen LogP contribution in [0.2, 0.25) is 0 Å². The van der Waals surface area contributed by atoms with Gasteiger partial charge in [-0.05, 0) is 114 Å². The Hall–Kier alpha value is -3.38. The molecule has 6 heteroatoms. The van der Waals surface area contributed by atoms with Gasteiger partial charge in [0, 0.05) is 5.56 Å². The molecule has 3 aromatic carbocycles. The van der Waals surface area contributed by atoms with Gasteiger partial charge in [-0.3, -0.25) is 10.0 Å². The number of hydroxylamine groups is 1. The second-order valence-corrected chi connectivity index (χ2v) is 10.8. The minimum atomic E-state index is -0.929. The van der Waals surface area contributed by atoms with Crippen molar-refractivity contribution >= 4 is 22.6 Å². The van der Waals surface area contributed by atoms with E-state index in [9.17, 15) is 14.7 Å². The van der Waals surface area contributed by atoms with Crippen LogP contribution in [0.15, 0.2) is 54.6 Å². The molecule has 3 N–H and O–H groups in total. The van der Waals surface area contributed by atoms with E-state index in [0.29, 0.717) is 0 Å². The number of amides is 1. The van der Waals surface area contributed by atoms with Crippen LogP contribution in [0.25, 0.3) is 21.9 Å². The van der Waals surface area contributed by atoms with Gasteiger partial charge in [-0.1, -0.05) is 24.3 Å². The second-order valence-electron chi connectivity index (χ2n) is 10.8. The lowest BCUT2D eigenvalue weighted by Gasteiger charge is -2.57. The SMILES string of the molecule is O=C(COc1ccc(-c2ccc3cc(C(=O)O)ccc3c2)cc1C12CC3CC(CC(C3)C1)C2)NO. The maximum absolute atomic E-state index is 11.7. The lowest BCUT2D eigenvalue weighted by molar-refractivity contribution is -0.131. The van der Waals surface area contributed by atoms with Gasteiger partial charge in [0.1, 0.15) is 5.75 Å². The molecule has 0 unspecified atom stereocenters. The molecular weight excluding hydrogens is 442 g/mol. The van der Waals surface area contributed by atoms with Crippen molar-refractivity contribution in [2.45, 2.75) is 43.9 Å². The lowest BCUT2D eigenvalue weighted by atomic mass is 9.48. The van der Waals surface area contributed by atoms with E-state index >= 15 is 0 Å². The quantitative estimate of drug-likeness (QED) is 0.323. The molecule has 6 nitrogen and oxygen atoms in total. The fourth-order valence-electron chi connectivity index (χ4n) is 7.42. The molecule has 4 aliphatic carbocycles. The van der Waals surface area contributed by atoms with Gasteiger partial charge in [-0.25, -0.2) is 10.3 Å². The average Bonchev–Trinajstić information content (AvgIpc) is 2.85. The largest absolute Gasteiger partial charge is 0.483 e. The Morgan fingerprint density at radius 2 is 1.46 bits per heavy atom. The van der Waals surface area contributed by atoms with E-state index in [1.807, 2.05) is 30.3 Å². The van der Waals surface area contributed by atoms with Crippen LogP contribution in [0.4, 0.5) is 0 Å². The highest BCUT2D eigenvalue weighted by Gasteiger charge is 2.52. The van der Waals surface area contributed by atoms with Crippen molar-refractivity contribution in [2.24, 2.45) is 17.8 Å². The first-order chi connectivity index (χ1) is 16.9. The maximum atomic E-state index is 11.7. The first-order valence-electron chi connectivity index (χ1n) is 12.4. The molecule has 0 saturated heterocycles. The molecule has 0 spiro atoms. The number of carbonyl (C=O) groups excluding carboxylic acids is 1. The molecule has 1 amide bonds. The zero-order valence-electron chi connectivity index (χ0n) is 19.5. The van der Waals surface area contributed by atoms with Crippen LogP contribution in [-0.2, 0) is 10.2 Å². The third-order valence-electron chi connectivity index (χ3n) is 8.49. The molecule has 0 aromatic heterocycles. The van der Waals surface area contributed by atoms with Crippen molar-refractivity contribution in [3.05, 3.63) is 65.7 Å². The number of ether oxygens (including phenoxy) is 1. The number of fused-ring (bicyclic) bond motifs is 1. The molecule has 0 radical (unpaired) electrons. The van der Waals surface area contributed by atoms with Crippen LogP contribution in [-0.4, -0.2) is 28.8 Å². The number of carboxylic acid groups (broad SMARTS) is 1. The van der Waals surface area contributed by atoms with Crippen molar-refractivity contribution in [3.63, 3.8) is 0 Å². The summed E-state index contributed by atoms with van der Waals surface area (Å²) >= 11 is 0. The number of rotatable bonds is 6. The Morgan fingerprint density at radius 1 is 0.857 bits per heavy atom. The Kier molecular flexibility index (Phi) is 5.29. The molecule has 180 valence electrons.